The molecule has 0 heterocycles. The maximum Gasteiger partial charge on any atom is 0.128 e. The highest BCUT2D eigenvalue weighted by Gasteiger charge is 2.50. The van der Waals surface area contributed by atoms with Crippen molar-refractivity contribution >= 4 is 0 Å². The van der Waals surface area contributed by atoms with Crippen LogP contribution in [0.2, 0.25) is 0 Å². The molecular weight excluding hydrogens is 210 g/mol. The third-order valence-electron chi connectivity index (χ3n) is 3.46. The van der Waals surface area contributed by atoms with Gasteiger partial charge in [-0.1, -0.05) is 13.8 Å². The van der Waals surface area contributed by atoms with E-state index in [2.05, 4.69) is 19.3 Å². The van der Waals surface area contributed by atoms with E-state index in [4.69, 9.17) is 5.84 Å². The second-order valence-corrected chi connectivity index (χ2v) is 5.11. The largest absolute Gasteiger partial charge is 0.271 e. The Bertz CT molecular complexity index is 404. The molecule has 1 aromatic carbocycles. The van der Waals surface area contributed by atoms with Gasteiger partial charge in [-0.15, -0.1) is 0 Å². The first-order valence-electron chi connectivity index (χ1n) is 5.37. The van der Waals surface area contributed by atoms with Crippen molar-refractivity contribution < 1.29 is 8.78 Å². The van der Waals surface area contributed by atoms with Crippen LogP contribution in [0.25, 0.3) is 0 Å². The molecule has 1 aliphatic rings. The molecule has 0 radical (unpaired) electrons. The molecule has 1 aromatic rings. The molecule has 0 saturated heterocycles. The maximum atomic E-state index is 13.6. The molecule has 2 rings (SSSR count). The summed E-state index contributed by atoms with van der Waals surface area (Å²) < 4.78 is 26.7. The molecule has 2 unspecified atom stereocenters. The highest BCUT2D eigenvalue weighted by Crippen LogP contribution is 2.57. The number of rotatable bonds is 3. The molecule has 88 valence electrons. The Labute approximate surface area is 93.8 Å². The van der Waals surface area contributed by atoms with Gasteiger partial charge >= 0.3 is 0 Å². The lowest BCUT2D eigenvalue weighted by Crippen LogP contribution is -2.31. The molecule has 0 aliphatic heterocycles. The van der Waals surface area contributed by atoms with Crippen LogP contribution in [0.4, 0.5) is 8.78 Å². The van der Waals surface area contributed by atoms with Gasteiger partial charge in [0.2, 0.25) is 0 Å². The maximum absolute atomic E-state index is 13.6. The van der Waals surface area contributed by atoms with Crippen molar-refractivity contribution in [2.24, 2.45) is 17.2 Å². The van der Waals surface area contributed by atoms with E-state index in [1.54, 1.807) is 0 Å². The van der Waals surface area contributed by atoms with E-state index in [9.17, 15) is 8.78 Å². The van der Waals surface area contributed by atoms with Crippen LogP contribution in [-0.2, 0) is 0 Å². The number of hydrogen-bond donors (Lipinski definition) is 2. The predicted molar refractivity (Wildman–Crippen MR) is 58.3 cm³/mol. The predicted octanol–water partition coefficient (Wildman–Crippen LogP) is 2.52. The summed E-state index contributed by atoms with van der Waals surface area (Å²) in [4.78, 5) is 0. The molecule has 4 heteroatoms. The SMILES string of the molecule is CC1(C)CC1C(NN)c1cc(F)ccc1F. The first kappa shape index (κ1) is 11.5. The van der Waals surface area contributed by atoms with E-state index >= 15 is 0 Å². The van der Waals surface area contributed by atoms with Gasteiger partial charge in [-0.05, 0) is 36.0 Å². The Morgan fingerprint density at radius 2 is 2.06 bits per heavy atom. The monoisotopic (exact) mass is 226 g/mol. The Kier molecular flexibility index (Phi) is 2.72. The summed E-state index contributed by atoms with van der Waals surface area (Å²) in [7, 11) is 0. The average molecular weight is 226 g/mol. The van der Waals surface area contributed by atoms with Crippen molar-refractivity contribution in [3.63, 3.8) is 0 Å². The number of hydrazine groups is 1. The molecule has 1 saturated carbocycles. The number of halogens is 2. The molecule has 3 N–H and O–H groups in total. The summed E-state index contributed by atoms with van der Waals surface area (Å²) >= 11 is 0. The standard InChI is InChI=1S/C12H16F2N2/c1-12(2)6-9(12)11(16-15)8-5-7(13)3-4-10(8)14/h3-5,9,11,16H,6,15H2,1-2H3. The average Bonchev–Trinajstić information content (AvgIpc) is 2.82. The van der Waals surface area contributed by atoms with Gasteiger partial charge in [-0.3, -0.25) is 11.3 Å². The van der Waals surface area contributed by atoms with E-state index in [-0.39, 0.29) is 17.4 Å². The van der Waals surface area contributed by atoms with Gasteiger partial charge in [-0.2, -0.15) is 0 Å². The third-order valence-corrected chi connectivity index (χ3v) is 3.46. The van der Waals surface area contributed by atoms with E-state index < -0.39 is 11.6 Å². The number of benzene rings is 1. The second kappa shape index (κ2) is 3.79. The Morgan fingerprint density at radius 1 is 1.44 bits per heavy atom. The first-order chi connectivity index (χ1) is 7.45. The lowest BCUT2D eigenvalue weighted by molar-refractivity contribution is 0.407. The fourth-order valence-corrected chi connectivity index (χ4v) is 2.25. The number of nitrogens with two attached hydrogens (primary N) is 1. The zero-order valence-electron chi connectivity index (χ0n) is 9.43. The molecule has 0 aromatic heterocycles. The molecule has 0 spiro atoms. The summed E-state index contributed by atoms with van der Waals surface area (Å²) in [6.45, 7) is 4.19. The smallest absolute Gasteiger partial charge is 0.128 e. The van der Waals surface area contributed by atoms with Gasteiger partial charge in [-0.25, -0.2) is 8.78 Å². The zero-order valence-corrected chi connectivity index (χ0v) is 9.43. The van der Waals surface area contributed by atoms with Crippen LogP contribution in [0.15, 0.2) is 18.2 Å². The van der Waals surface area contributed by atoms with Gasteiger partial charge in [0.15, 0.2) is 0 Å². The second-order valence-electron chi connectivity index (χ2n) is 5.11. The summed E-state index contributed by atoms with van der Waals surface area (Å²) in [5.74, 6) is 4.86. The van der Waals surface area contributed by atoms with Gasteiger partial charge in [0, 0.05) is 5.56 Å². The van der Waals surface area contributed by atoms with Gasteiger partial charge < -0.3 is 0 Å². The van der Waals surface area contributed by atoms with Crippen molar-refractivity contribution in [1.82, 2.24) is 5.43 Å². The van der Waals surface area contributed by atoms with E-state index in [1.807, 2.05) is 0 Å². The Hall–Kier alpha value is -1.00. The molecule has 2 nitrogen and oxygen atoms in total. The van der Waals surface area contributed by atoms with Crippen LogP contribution in [0.1, 0.15) is 31.9 Å². The Morgan fingerprint density at radius 3 is 2.56 bits per heavy atom. The van der Waals surface area contributed by atoms with Crippen molar-refractivity contribution in [2.45, 2.75) is 26.3 Å². The van der Waals surface area contributed by atoms with Gasteiger partial charge in [0.05, 0.1) is 6.04 Å². The van der Waals surface area contributed by atoms with E-state index in [0.29, 0.717) is 5.56 Å². The lowest BCUT2D eigenvalue weighted by atomic mass is 9.97. The number of nitrogens with one attached hydrogen (secondary N) is 1. The van der Waals surface area contributed by atoms with Crippen molar-refractivity contribution in [1.29, 1.82) is 0 Å². The fourth-order valence-electron chi connectivity index (χ4n) is 2.25. The van der Waals surface area contributed by atoms with Gasteiger partial charge in [0.1, 0.15) is 11.6 Å². The van der Waals surface area contributed by atoms with Crippen LogP contribution in [0.5, 0.6) is 0 Å². The minimum atomic E-state index is -0.435. The van der Waals surface area contributed by atoms with Crippen molar-refractivity contribution in [3.8, 4) is 0 Å². The summed E-state index contributed by atoms with van der Waals surface area (Å²) in [5.41, 5.74) is 3.06. The molecule has 2 atom stereocenters. The van der Waals surface area contributed by atoms with E-state index in [1.165, 1.54) is 6.07 Å². The normalized spacial score (nSPS) is 24.2. The van der Waals surface area contributed by atoms with Crippen LogP contribution in [-0.4, -0.2) is 0 Å². The fraction of sp³-hybridized carbons (Fsp3) is 0.500. The third kappa shape index (κ3) is 1.95. The minimum Gasteiger partial charge on any atom is -0.271 e. The van der Waals surface area contributed by atoms with Crippen LogP contribution < -0.4 is 11.3 Å². The van der Waals surface area contributed by atoms with Crippen molar-refractivity contribution in [3.05, 3.63) is 35.4 Å². The first-order valence-corrected chi connectivity index (χ1v) is 5.37. The van der Waals surface area contributed by atoms with Gasteiger partial charge in [0.25, 0.3) is 0 Å². The highest BCUT2D eigenvalue weighted by atomic mass is 19.1. The minimum absolute atomic E-state index is 0.149. The quantitative estimate of drug-likeness (QED) is 0.614. The molecule has 0 bridgehead atoms. The highest BCUT2D eigenvalue weighted by molar-refractivity contribution is 5.25. The van der Waals surface area contributed by atoms with Crippen LogP contribution in [0, 0.1) is 23.0 Å². The molecule has 0 amide bonds. The number of hydrogen-bond acceptors (Lipinski definition) is 2. The van der Waals surface area contributed by atoms with E-state index in [0.717, 1.165) is 18.6 Å². The lowest BCUT2D eigenvalue weighted by Gasteiger charge is -2.18. The summed E-state index contributed by atoms with van der Waals surface area (Å²) in [6.07, 6.45) is 0.970. The Balaban J connectivity index is 2.30. The molecule has 1 fully saturated rings. The zero-order chi connectivity index (χ0) is 11.9. The van der Waals surface area contributed by atoms with Crippen molar-refractivity contribution in [2.75, 3.05) is 0 Å². The topological polar surface area (TPSA) is 38.0 Å². The summed E-state index contributed by atoms with van der Waals surface area (Å²) in [5, 5.41) is 0. The summed E-state index contributed by atoms with van der Waals surface area (Å²) in [6, 6.07) is 3.16. The molecular formula is C12H16F2N2. The van der Waals surface area contributed by atoms with Crippen LogP contribution >= 0.6 is 0 Å². The van der Waals surface area contributed by atoms with Crippen LogP contribution in [0.3, 0.4) is 0 Å². The molecule has 16 heavy (non-hydrogen) atoms. The molecule has 1 aliphatic carbocycles.